The summed E-state index contributed by atoms with van der Waals surface area (Å²) < 4.78 is 10.2. The molecule has 2 atom stereocenters. The molecule has 0 aliphatic carbocycles. The summed E-state index contributed by atoms with van der Waals surface area (Å²) in [7, 11) is 1.63. The van der Waals surface area contributed by atoms with E-state index in [1.165, 1.54) is 0 Å². The molecule has 0 saturated carbocycles. The average Bonchev–Trinajstić information content (AvgIpc) is 2.97. The Morgan fingerprint density at radius 3 is 3.30 bits per heavy atom. The van der Waals surface area contributed by atoms with Crippen molar-refractivity contribution in [2.45, 2.75) is 25.9 Å². The van der Waals surface area contributed by atoms with Crippen LogP contribution in [0.15, 0.2) is 9.52 Å². The molecular weight excluding hydrogens is 298 g/mol. The van der Waals surface area contributed by atoms with E-state index in [0.717, 1.165) is 30.6 Å². The van der Waals surface area contributed by atoms with E-state index in [1.807, 2.05) is 6.92 Å². The highest BCUT2D eigenvalue weighted by atomic mass is 16.5. The Bertz CT molecular complexity index is 586. The maximum Gasteiger partial charge on any atom is 0.236 e. The van der Waals surface area contributed by atoms with Gasteiger partial charge in [-0.2, -0.15) is 0 Å². The summed E-state index contributed by atoms with van der Waals surface area (Å²) in [5.41, 5.74) is 1.80. The molecule has 8 heteroatoms. The average molecular weight is 321 g/mol. The lowest BCUT2D eigenvalue weighted by Crippen LogP contribution is -2.45. The number of rotatable bonds is 5. The fourth-order valence-electron chi connectivity index (χ4n) is 3.17. The highest BCUT2D eigenvalue weighted by Gasteiger charge is 2.34. The summed E-state index contributed by atoms with van der Waals surface area (Å²) >= 11 is 0. The van der Waals surface area contributed by atoms with Crippen LogP contribution in [-0.4, -0.2) is 55.7 Å². The van der Waals surface area contributed by atoms with Crippen LogP contribution >= 0.6 is 0 Å². The third kappa shape index (κ3) is 3.37. The number of amides is 1. The lowest BCUT2D eigenvalue weighted by atomic mass is 9.95. The maximum absolute atomic E-state index is 12.3. The van der Waals surface area contributed by atoms with Crippen LogP contribution in [-0.2, 0) is 9.53 Å². The number of piperidine rings is 1. The molecule has 2 unspecified atom stereocenters. The van der Waals surface area contributed by atoms with E-state index in [9.17, 15) is 4.79 Å². The van der Waals surface area contributed by atoms with Gasteiger partial charge in [0.25, 0.3) is 0 Å². The van der Waals surface area contributed by atoms with Gasteiger partial charge >= 0.3 is 0 Å². The minimum Gasteiger partial charge on any atom is -0.383 e. The van der Waals surface area contributed by atoms with E-state index in [0.29, 0.717) is 25.6 Å². The first-order chi connectivity index (χ1) is 11.2. The monoisotopic (exact) mass is 321 g/mol. The van der Waals surface area contributed by atoms with E-state index < -0.39 is 0 Å². The van der Waals surface area contributed by atoms with Crippen LogP contribution in [0.5, 0.6) is 0 Å². The third-order valence-electron chi connectivity index (χ3n) is 4.35. The number of anilines is 1. The van der Waals surface area contributed by atoms with Crippen molar-refractivity contribution in [1.82, 2.24) is 15.4 Å². The number of aliphatic imine (C=N–C) groups is 1. The number of methoxy groups -OCH3 is 1. The topological polar surface area (TPSA) is 92.0 Å². The molecule has 2 N–H and O–H groups in total. The molecule has 3 rings (SSSR count). The van der Waals surface area contributed by atoms with Gasteiger partial charge in [-0.1, -0.05) is 5.16 Å². The zero-order chi connectivity index (χ0) is 16.2. The van der Waals surface area contributed by atoms with Crippen molar-refractivity contribution in [3.05, 3.63) is 11.3 Å². The number of aromatic nitrogens is 1. The molecular formula is C15H23N5O3. The number of hydrogen-bond acceptors (Lipinski definition) is 7. The van der Waals surface area contributed by atoms with Gasteiger partial charge in [0.05, 0.1) is 30.1 Å². The van der Waals surface area contributed by atoms with Crippen LogP contribution in [0.25, 0.3) is 0 Å². The van der Waals surface area contributed by atoms with Crippen LogP contribution in [0.4, 0.5) is 5.88 Å². The van der Waals surface area contributed by atoms with E-state index in [4.69, 9.17) is 9.26 Å². The number of aryl methyl sites for hydroxylation is 1. The highest BCUT2D eigenvalue weighted by Crippen LogP contribution is 2.36. The number of carbonyl (C=O) groups is 1. The van der Waals surface area contributed by atoms with Crippen molar-refractivity contribution in [3.63, 3.8) is 0 Å². The molecule has 0 aromatic carbocycles. The number of carbonyl (C=O) groups excluding carboxylic acids is 1. The molecule has 0 bridgehead atoms. The van der Waals surface area contributed by atoms with Crippen molar-refractivity contribution in [1.29, 1.82) is 0 Å². The first-order valence-corrected chi connectivity index (χ1v) is 7.95. The van der Waals surface area contributed by atoms with E-state index in [1.54, 1.807) is 13.4 Å². The Morgan fingerprint density at radius 1 is 1.61 bits per heavy atom. The molecule has 1 aromatic heterocycles. The molecule has 1 saturated heterocycles. The van der Waals surface area contributed by atoms with Gasteiger partial charge in [-0.15, -0.1) is 0 Å². The van der Waals surface area contributed by atoms with Crippen molar-refractivity contribution in [2.24, 2.45) is 10.9 Å². The van der Waals surface area contributed by atoms with E-state index >= 15 is 0 Å². The van der Waals surface area contributed by atoms with Crippen LogP contribution in [0, 0.1) is 12.8 Å². The first kappa shape index (κ1) is 15.9. The van der Waals surface area contributed by atoms with Gasteiger partial charge < -0.3 is 19.9 Å². The predicted octanol–water partition coefficient (Wildman–Crippen LogP) is 0.910. The summed E-state index contributed by atoms with van der Waals surface area (Å²) in [6.45, 7) is 4.59. The Kier molecular flexibility index (Phi) is 4.92. The van der Waals surface area contributed by atoms with Gasteiger partial charge in [0.15, 0.2) is 0 Å². The summed E-state index contributed by atoms with van der Waals surface area (Å²) in [6.07, 6.45) is 3.38. The quantitative estimate of drug-likeness (QED) is 0.783. The summed E-state index contributed by atoms with van der Waals surface area (Å²) in [5, 5.41) is 9.92. The molecule has 0 spiro atoms. The minimum atomic E-state index is -0.132. The van der Waals surface area contributed by atoms with Gasteiger partial charge in [0.1, 0.15) is 6.17 Å². The molecule has 2 aliphatic heterocycles. The van der Waals surface area contributed by atoms with Gasteiger partial charge in [0.2, 0.25) is 11.8 Å². The molecule has 1 fully saturated rings. The predicted molar refractivity (Wildman–Crippen MR) is 85.3 cm³/mol. The molecule has 2 aliphatic rings. The SMILES string of the molecule is COCCNC(=O)C1CCCN(C2N=CNc3onc(C)c32)C1. The molecule has 1 amide bonds. The lowest BCUT2D eigenvalue weighted by molar-refractivity contribution is -0.127. The van der Waals surface area contributed by atoms with Gasteiger partial charge in [0, 0.05) is 26.7 Å². The summed E-state index contributed by atoms with van der Waals surface area (Å²) in [6, 6.07) is 0. The second-order valence-electron chi connectivity index (χ2n) is 5.92. The molecule has 8 nitrogen and oxygen atoms in total. The Hall–Kier alpha value is -1.93. The minimum absolute atomic E-state index is 0.0192. The summed E-state index contributed by atoms with van der Waals surface area (Å²) in [5.74, 6) is 0.718. The van der Waals surface area contributed by atoms with Crippen LogP contribution < -0.4 is 10.6 Å². The normalized spacial score (nSPS) is 24.1. The van der Waals surface area contributed by atoms with E-state index in [-0.39, 0.29) is 18.0 Å². The third-order valence-corrected chi connectivity index (χ3v) is 4.35. The highest BCUT2D eigenvalue weighted by molar-refractivity contribution is 5.79. The number of fused-ring (bicyclic) bond motifs is 1. The van der Waals surface area contributed by atoms with Crippen LogP contribution in [0.2, 0.25) is 0 Å². The zero-order valence-electron chi connectivity index (χ0n) is 13.5. The number of likely N-dealkylation sites (tertiary alicyclic amines) is 1. The van der Waals surface area contributed by atoms with Crippen molar-refractivity contribution in [3.8, 4) is 0 Å². The van der Waals surface area contributed by atoms with Crippen LogP contribution in [0.1, 0.15) is 30.3 Å². The Morgan fingerprint density at radius 2 is 2.48 bits per heavy atom. The largest absolute Gasteiger partial charge is 0.383 e. The fourth-order valence-corrected chi connectivity index (χ4v) is 3.17. The second kappa shape index (κ2) is 7.10. The molecule has 3 heterocycles. The van der Waals surface area contributed by atoms with Gasteiger partial charge in [-0.05, 0) is 19.8 Å². The molecule has 1 aromatic rings. The second-order valence-corrected chi connectivity index (χ2v) is 5.92. The number of nitrogens with zero attached hydrogens (tertiary/aromatic N) is 3. The van der Waals surface area contributed by atoms with Gasteiger partial charge in [-0.25, -0.2) is 0 Å². The van der Waals surface area contributed by atoms with Gasteiger partial charge in [-0.3, -0.25) is 14.7 Å². The van der Waals surface area contributed by atoms with Crippen molar-refractivity contribution in [2.75, 3.05) is 38.7 Å². The summed E-state index contributed by atoms with van der Waals surface area (Å²) in [4.78, 5) is 19.1. The molecule has 0 radical (unpaired) electrons. The maximum atomic E-state index is 12.3. The molecule has 126 valence electrons. The Balaban J connectivity index is 1.67. The van der Waals surface area contributed by atoms with Crippen LogP contribution in [0.3, 0.4) is 0 Å². The van der Waals surface area contributed by atoms with Crippen molar-refractivity contribution < 1.29 is 14.1 Å². The van der Waals surface area contributed by atoms with Crippen molar-refractivity contribution >= 4 is 18.1 Å². The first-order valence-electron chi connectivity index (χ1n) is 7.95. The standard InChI is InChI=1S/C15H23N5O3/c1-10-12-13(17-9-18-15(12)23-19-10)20-6-3-4-11(8-20)14(21)16-5-7-22-2/h9,11,13H,3-8H2,1-2H3,(H,16,21)(H,17,18). The van der Waals surface area contributed by atoms with E-state index in [2.05, 4.69) is 25.7 Å². The number of nitrogens with one attached hydrogen (secondary N) is 2. The smallest absolute Gasteiger partial charge is 0.236 e. The number of ether oxygens (including phenoxy) is 1. The fraction of sp³-hybridized carbons (Fsp3) is 0.667. The lowest BCUT2D eigenvalue weighted by Gasteiger charge is -2.36. The molecule has 23 heavy (non-hydrogen) atoms. The zero-order valence-corrected chi connectivity index (χ0v) is 13.5. The number of hydrogen-bond donors (Lipinski definition) is 2. The Labute approximate surface area is 135 Å².